The van der Waals surface area contributed by atoms with Gasteiger partial charge in [-0.25, -0.2) is 4.98 Å². The average Bonchev–Trinajstić information content (AvgIpc) is 2.95. The third-order valence-electron chi connectivity index (χ3n) is 3.31. The van der Waals surface area contributed by atoms with Crippen LogP contribution in [0.4, 0.5) is 0 Å². The Kier molecular flexibility index (Phi) is 5.26. The second-order valence-corrected chi connectivity index (χ2v) is 4.51. The summed E-state index contributed by atoms with van der Waals surface area (Å²) < 4.78 is 0. The minimum atomic E-state index is 0.889. The summed E-state index contributed by atoms with van der Waals surface area (Å²) in [6.07, 6.45) is 13.3. The van der Waals surface area contributed by atoms with Gasteiger partial charge in [-0.1, -0.05) is 44.7 Å². The van der Waals surface area contributed by atoms with Gasteiger partial charge in [-0.15, -0.1) is 0 Å². The van der Waals surface area contributed by atoms with E-state index in [0.717, 1.165) is 33.1 Å². The van der Waals surface area contributed by atoms with Gasteiger partial charge < -0.3 is 4.98 Å². The molecule has 1 N–H and O–H groups in total. The van der Waals surface area contributed by atoms with Crippen LogP contribution in [0.1, 0.15) is 26.3 Å². The molecule has 0 radical (unpaired) electrons. The number of fused-ring (bicyclic) bond motifs is 3. The lowest BCUT2D eigenvalue weighted by molar-refractivity contribution is 1.31. The van der Waals surface area contributed by atoms with Crippen LogP contribution in [0.15, 0.2) is 61.6 Å². The average molecular weight is 291 g/mol. The zero-order valence-electron chi connectivity index (χ0n) is 13.3. The van der Waals surface area contributed by atoms with Crippen molar-refractivity contribution >= 4 is 27.5 Å². The van der Waals surface area contributed by atoms with Crippen LogP contribution >= 0.6 is 0 Å². The van der Waals surface area contributed by atoms with Gasteiger partial charge in [0.05, 0.1) is 11.7 Å². The van der Waals surface area contributed by atoms with Gasteiger partial charge in [0.1, 0.15) is 5.65 Å². The van der Waals surface area contributed by atoms with E-state index in [0.29, 0.717) is 0 Å². The summed E-state index contributed by atoms with van der Waals surface area (Å²) in [4.78, 5) is 11.9. The van der Waals surface area contributed by atoms with Crippen LogP contribution in [-0.4, -0.2) is 15.0 Å². The molecule has 0 aliphatic carbocycles. The number of allylic oxidation sites excluding steroid dienone is 5. The van der Waals surface area contributed by atoms with E-state index in [9.17, 15) is 0 Å². The van der Waals surface area contributed by atoms with Crippen LogP contribution in [0.3, 0.4) is 0 Å². The molecular weight excluding hydrogens is 270 g/mol. The van der Waals surface area contributed by atoms with Crippen LogP contribution in [0.2, 0.25) is 0 Å². The van der Waals surface area contributed by atoms with E-state index in [1.54, 1.807) is 12.3 Å². The molecule has 0 amide bonds. The SMILES string of the molecule is C=C/C=C\C(=C/C)c1cnc2[nH]c3cnccc3c2c1.CC. The van der Waals surface area contributed by atoms with Gasteiger partial charge in [0.25, 0.3) is 0 Å². The van der Waals surface area contributed by atoms with E-state index < -0.39 is 0 Å². The third-order valence-corrected chi connectivity index (χ3v) is 3.31. The van der Waals surface area contributed by atoms with E-state index in [4.69, 9.17) is 0 Å². The fraction of sp³-hybridized carbons (Fsp3) is 0.158. The molecule has 3 aromatic heterocycles. The maximum Gasteiger partial charge on any atom is 0.138 e. The minimum absolute atomic E-state index is 0.889. The van der Waals surface area contributed by atoms with Crippen molar-refractivity contribution in [3.8, 4) is 0 Å². The number of aromatic nitrogens is 3. The molecular formula is C19H21N3. The van der Waals surface area contributed by atoms with Crippen LogP contribution < -0.4 is 0 Å². The lowest BCUT2D eigenvalue weighted by Gasteiger charge is -2.01. The van der Waals surface area contributed by atoms with Gasteiger partial charge in [0.2, 0.25) is 0 Å². The maximum atomic E-state index is 4.51. The molecule has 0 aliphatic heterocycles. The Morgan fingerprint density at radius 3 is 2.77 bits per heavy atom. The first-order valence-electron chi connectivity index (χ1n) is 7.50. The van der Waals surface area contributed by atoms with Crippen LogP contribution in [0.5, 0.6) is 0 Å². The van der Waals surface area contributed by atoms with E-state index >= 15 is 0 Å². The van der Waals surface area contributed by atoms with Gasteiger partial charge in [-0.2, -0.15) is 0 Å². The summed E-state index contributed by atoms with van der Waals surface area (Å²) in [6.45, 7) is 9.72. The number of rotatable bonds is 3. The molecule has 0 aliphatic rings. The molecule has 3 nitrogen and oxygen atoms in total. The molecule has 22 heavy (non-hydrogen) atoms. The maximum absolute atomic E-state index is 4.51. The Hall–Kier alpha value is -2.68. The monoisotopic (exact) mass is 291 g/mol. The number of hydrogen-bond acceptors (Lipinski definition) is 2. The van der Waals surface area contributed by atoms with Crippen molar-refractivity contribution < 1.29 is 0 Å². The first-order valence-corrected chi connectivity index (χ1v) is 7.50. The zero-order valence-corrected chi connectivity index (χ0v) is 13.3. The lowest BCUT2D eigenvalue weighted by Crippen LogP contribution is -1.84. The second-order valence-electron chi connectivity index (χ2n) is 4.51. The molecule has 0 saturated heterocycles. The van der Waals surface area contributed by atoms with Crippen molar-refractivity contribution in [3.05, 3.63) is 67.2 Å². The van der Waals surface area contributed by atoms with Crippen LogP contribution in [0.25, 0.3) is 27.5 Å². The van der Waals surface area contributed by atoms with Gasteiger partial charge in [0, 0.05) is 28.7 Å². The predicted molar refractivity (Wildman–Crippen MR) is 95.7 cm³/mol. The highest BCUT2D eigenvalue weighted by Gasteiger charge is 2.07. The van der Waals surface area contributed by atoms with E-state index in [1.807, 2.05) is 51.4 Å². The zero-order chi connectivity index (χ0) is 15.9. The first-order chi connectivity index (χ1) is 10.8. The predicted octanol–water partition coefficient (Wildman–Crippen LogP) is 5.28. The normalized spacial score (nSPS) is 11.7. The highest BCUT2D eigenvalue weighted by molar-refractivity contribution is 6.06. The molecule has 0 bridgehead atoms. The van der Waals surface area contributed by atoms with Crippen LogP contribution in [-0.2, 0) is 0 Å². The molecule has 112 valence electrons. The summed E-state index contributed by atoms with van der Waals surface area (Å²) >= 11 is 0. The minimum Gasteiger partial charge on any atom is -0.338 e. The Labute approximate surface area is 131 Å². The Balaban J connectivity index is 0.000000847. The van der Waals surface area contributed by atoms with Gasteiger partial charge in [-0.05, 0) is 24.6 Å². The molecule has 0 aromatic carbocycles. The molecule has 3 heterocycles. The standard InChI is InChI=1S/C17H15N3.C2H6/c1-3-5-6-12(4-2)13-9-15-14-7-8-18-11-16(14)20-17(15)19-10-13;1-2/h3-11H,1H2,2H3,(H,19,20);1-2H3/b6-5-,12-4+;. The topological polar surface area (TPSA) is 41.6 Å². The number of nitrogens with zero attached hydrogens (tertiary/aromatic N) is 2. The smallest absolute Gasteiger partial charge is 0.138 e. The molecule has 0 fully saturated rings. The highest BCUT2D eigenvalue weighted by Crippen LogP contribution is 2.26. The number of nitrogens with one attached hydrogen (secondary N) is 1. The Morgan fingerprint density at radius 2 is 2.05 bits per heavy atom. The quantitative estimate of drug-likeness (QED) is 0.667. The summed E-state index contributed by atoms with van der Waals surface area (Å²) in [5, 5.41) is 2.26. The highest BCUT2D eigenvalue weighted by atomic mass is 14.9. The second kappa shape index (κ2) is 7.36. The van der Waals surface area contributed by atoms with Crippen molar-refractivity contribution in [2.24, 2.45) is 0 Å². The number of hydrogen-bond donors (Lipinski definition) is 1. The molecule has 3 rings (SSSR count). The molecule has 3 aromatic rings. The fourth-order valence-electron chi connectivity index (χ4n) is 2.31. The summed E-state index contributed by atoms with van der Waals surface area (Å²) in [5.41, 5.74) is 4.12. The molecule has 0 atom stereocenters. The molecule has 0 spiro atoms. The van der Waals surface area contributed by atoms with Crippen molar-refractivity contribution in [1.29, 1.82) is 0 Å². The fourth-order valence-corrected chi connectivity index (χ4v) is 2.31. The van der Waals surface area contributed by atoms with Crippen molar-refractivity contribution in [3.63, 3.8) is 0 Å². The van der Waals surface area contributed by atoms with E-state index in [2.05, 4.69) is 33.7 Å². The number of H-pyrrole nitrogens is 1. The first kappa shape index (κ1) is 15.7. The summed E-state index contributed by atoms with van der Waals surface area (Å²) in [5.74, 6) is 0. The van der Waals surface area contributed by atoms with Crippen molar-refractivity contribution in [1.82, 2.24) is 15.0 Å². The number of aromatic amines is 1. The van der Waals surface area contributed by atoms with Crippen molar-refractivity contribution in [2.45, 2.75) is 20.8 Å². The van der Waals surface area contributed by atoms with Crippen LogP contribution in [0, 0.1) is 0 Å². The van der Waals surface area contributed by atoms with E-state index in [1.165, 1.54) is 0 Å². The molecule has 0 saturated carbocycles. The Bertz CT molecular complexity index is 838. The Morgan fingerprint density at radius 1 is 1.23 bits per heavy atom. The van der Waals surface area contributed by atoms with Crippen molar-refractivity contribution in [2.75, 3.05) is 0 Å². The largest absolute Gasteiger partial charge is 0.338 e. The van der Waals surface area contributed by atoms with Gasteiger partial charge in [-0.3, -0.25) is 4.98 Å². The third kappa shape index (κ3) is 2.98. The lowest BCUT2D eigenvalue weighted by atomic mass is 10.1. The van der Waals surface area contributed by atoms with Gasteiger partial charge >= 0.3 is 0 Å². The summed E-state index contributed by atoms with van der Waals surface area (Å²) in [7, 11) is 0. The molecule has 0 unspecified atom stereocenters. The molecule has 3 heteroatoms. The van der Waals surface area contributed by atoms with Gasteiger partial charge in [0.15, 0.2) is 0 Å². The summed E-state index contributed by atoms with van der Waals surface area (Å²) in [6, 6.07) is 4.17. The number of pyridine rings is 2. The van der Waals surface area contributed by atoms with E-state index in [-0.39, 0.29) is 0 Å².